The summed E-state index contributed by atoms with van der Waals surface area (Å²) in [7, 11) is 0. The Bertz CT molecular complexity index is 1580. The maximum Gasteiger partial charge on any atom is 0.253 e. The number of rotatable bonds is 8. The van der Waals surface area contributed by atoms with Crippen molar-refractivity contribution in [2.75, 3.05) is 0 Å². The van der Waals surface area contributed by atoms with Crippen LogP contribution in [0.1, 0.15) is 71.6 Å². The molecule has 0 spiro atoms. The Morgan fingerprint density at radius 3 is 2.63 bits per heavy atom. The molecule has 3 heterocycles. The number of aryl methyl sites for hydroxylation is 2. The van der Waals surface area contributed by atoms with Crippen molar-refractivity contribution in [2.45, 2.75) is 64.7 Å². The van der Waals surface area contributed by atoms with E-state index in [2.05, 4.69) is 56.6 Å². The third-order valence-electron chi connectivity index (χ3n) is 7.58. The monoisotopic (exact) mass is 508 g/mol. The maximum atomic E-state index is 13.8. The van der Waals surface area contributed by atoms with Crippen LogP contribution in [0.4, 0.5) is 0 Å². The van der Waals surface area contributed by atoms with E-state index in [1.807, 2.05) is 48.0 Å². The molecule has 8 heteroatoms. The minimum Gasteiger partial charge on any atom is -0.468 e. The lowest BCUT2D eigenvalue weighted by Crippen LogP contribution is -2.35. The summed E-state index contributed by atoms with van der Waals surface area (Å²) in [6, 6.07) is 20.1. The summed E-state index contributed by atoms with van der Waals surface area (Å²) in [6.07, 6.45) is 6.07. The van der Waals surface area contributed by atoms with Crippen molar-refractivity contribution < 1.29 is 4.42 Å². The highest BCUT2D eigenvalue weighted by atomic mass is 16.3. The van der Waals surface area contributed by atoms with Crippen LogP contribution < -0.4 is 5.56 Å². The summed E-state index contributed by atoms with van der Waals surface area (Å²) in [5, 5.41) is 14.1. The number of hydrogen-bond donors (Lipinski definition) is 1. The fourth-order valence-electron chi connectivity index (χ4n) is 5.85. The molecular formula is C30H32N6O2. The third kappa shape index (κ3) is 4.79. The minimum atomic E-state index is -0.482. The van der Waals surface area contributed by atoms with Gasteiger partial charge in [-0.3, -0.25) is 9.69 Å². The van der Waals surface area contributed by atoms with Gasteiger partial charge >= 0.3 is 0 Å². The first-order valence-electron chi connectivity index (χ1n) is 13.3. The molecule has 194 valence electrons. The van der Waals surface area contributed by atoms with E-state index in [1.165, 1.54) is 0 Å². The van der Waals surface area contributed by atoms with Crippen molar-refractivity contribution in [3.63, 3.8) is 0 Å². The number of H-pyrrole nitrogens is 1. The Morgan fingerprint density at radius 1 is 1.05 bits per heavy atom. The lowest BCUT2D eigenvalue weighted by molar-refractivity contribution is 0.176. The van der Waals surface area contributed by atoms with E-state index in [0.717, 1.165) is 59.0 Å². The van der Waals surface area contributed by atoms with E-state index >= 15 is 0 Å². The average Bonchev–Trinajstić information content (AvgIpc) is 3.69. The van der Waals surface area contributed by atoms with Gasteiger partial charge in [-0.1, -0.05) is 54.8 Å². The molecule has 3 aromatic heterocycles. The summed E-state index contributed by atoms with van der Waals surface area (Å²) in [5.41, 5.74) is 4.68. The zero-order chi connectivity index (χ0) is 26.1. The van der Waals surface area contributed by atoms with Gasteiger partial charge in [0, 0.05) is 12.1 Å². The first-order chi connectivity index (χ1) is 18.6. The number of hydrogen-bond acceptors (Lipinski definition) is 6. The van der Waals surface area contributed by atoms with E-state index in [4.69, 9.17) is 4.42 Å². The summed E-state index contributed by atoms with van der Waals surface area (Å²) in [4.78, 5) is 19.2. The highest BCUT2D eigenvalue weighted by Crippen LogP contribution is 2.35. The molecule has 0 saturated heterocycles. The maximum absolute atomic E-state index is 13.8. The van der Waals surface area contributed by atoms with Crippen LogP contribution in [0.25, 0.3) is 10.9 Å². The van der Waals surface area contributed by atoms with Gasteiger partial charge in [-0.2, -0.15) is 0 Å². The average molecular weight is 509 g/mol. The van der Waals surface area contributed by atoms with Crippen molar-refractivity contribution in [3.8, 4) is 0 Å². The molecule has 0 amide bonds. The molecule has 1 atom stereocenters. The molecule has 5 aromatic rings. The van der Waals surface area contributed by atoms with Gasteiger partial charge in [0.2, 0.25) is 0 Å². The van der Waals surface area contributed by atoms with Crippen molar-refractivity contribution in [3.05, 3.63) is 111 Å². The Balaban J connectivity index is 1.55. The number of nitrogens with zero attached hydrogens (tertiary/aromatic N) is 5. The number of tetrazole rings is 1. The number of furan rings is 1. The fraction of sp³-hybridized carbons (Fsp3) is 0.333. The van der Waals surface area contributed by atoms with E-state index in [1.54, 1.807) is 6.26 Å². The van der Waals surface area contributed by atoms with Gasteiger partial charge < -0.3 is 9.40 Å². The molecule has 0 aliphatic heterocycles. The van der Waals surface area contributed by atoms with Crippen molar-refractivity contribution in [1.29, 1.82) is 0 Å². The van der Waals surface area contributed by atoms with E-state index in [9.17, 15) is 4.79 Å². The zero-order valence-electron chi connectivity index (χ0n) is 21.8. The second kappa shape index (κ2) is 10.4. The molecular weight excluding hydrogens is 476 g/mol. The first-order valence-corrected chi connectivity index (χ1v) is 13.3. The van der Waals surface area contributed by atoms with Crippen LogP contribution in [0, 0.1) is 13.8 Å². The largest absolute Gasteiger partial charge is 0.468 e. The van der Waals surface area contributed by atoms with Crippen LogP contribution in [0.5, 0.6) is 0 Å². The molecule has 38 heavy (non-hydrogen) atoms. The fourth-order valence-corrected chi connectivity index (χ4v) is 5.85. The van der Waals surface area contributed by atoms with Gasteiger partial charge in [0.15, 0.2) is 5.82 Å². The third-order valence-corrected chi connectivity index (χ3v) is 7.58. The standard InChI is InChI=1S/C30H32N6O2/c1-20-15-21(2)27-23(16-20)17-26(30(37)31-27)28(29-32-33-34-36(29)24-11-6-7-12-24)35(19-25-13-8-14-38-25)18-22-9-4-3-5-10-22/h3-5,8-10,13-17,24,28H,6-7,11-12,18-19H2,1-2H3,(H,31,37). The summed E-state index contributed by atoms with van der Waals surface area (Å²) < 4.78 is 7.74. The van der Waals surface area contributed by atoms with Crippen LogP contribution in [0.3, 0.4) is 0 Å². The molecule has 1 N–H and O–H groups in total. The number of aromatic amines is 1. The Kier molecular flexibility index (Phi) is 6.64. The molecule has 2 aromatic carbocycles. The van der Waals surface area contributed by atoms with Gasteiger partial charge in [0.25, 0.3) is 5.56 Å². The molecule has 0 bridgehead atoms. The lowest BCUT2D eigenvalue weighted by Gasteiger charge is -2.31. The van der Waals surface area contributed by atoms with Gasteiger partial charge in [-0.15, -0.1) is 5.10 Å². The topological polar surface area (TPSA) is 92.8 Å². The smallest absolute Gasteiger partial charge is 0.253 e. The summed E-state index contributed by atoms with van der Waals surface area (Å²) in [6.45, 7) is 5.19. The Hall–Kier alpha value is -4.04. The van der Waals surface area contributed by atoms with Crippen molar-refractivity contribution in [1.82, 2.24) is 30.1 Å². The van der Waals surface area contributed by atoms with Gasteiger partial charge in [-0.25, -0.2) is 4.68 Å². The second-order valence-corrected chi connectivity index (χ2v) is 10.4. The lowest BCUT2D eigenvalue weighted by atomic mass is 9.99. The van der Waals surface area contributed by atoms with Gasteiger partial charge in [0.05, 0.1) is 24.4 Å². The molecule has 1 fully saturated rings. The number of aromatic nitrogens is 5. The molecule has 6 rings (SSSR count). The van der Waals surface area contributed by atoms with Crippen molar-refractivity contribution in [2.24, 2.45) is 0 Å². The van der Waals surface area contributed by atoms with Crippen LogP contribution in [-0.2, 0) is 13.1 Å². The van der Waals surface area contributed by atoms with Crippen LogP contribution in [0.15, 0.2) is 76.1 Å². The van der Waals surface area contributed by atoms with Gasteiger partial charge in [0.1, 0.15) is 11.8 Å². The van der Waals surface area contributed by atoms with Crippen LogP contribution in [-0.4, -0.2) is 30.1 Å². The molecule has 0 radical (unpaired) electrons. The predicted molar refractivity (Wildman–Crippen MR) is 146 cm³/mol. The minimum absolute atomic E-state index is 0.132. The number of benzene rings is 2. The van der Waals surface area contributed by atoms with Crippen LogP contribution >= 0.6 is 0 Å². The molecule has 1 unspecified atom stereocenters. The number of nitrogens with one attached hydrogen (secondary N) is 1. The quantitative estimate of drug-likeness (QED) is 0.292. The van der Waals surface area contributed by atoms with E-state index in [0.29, 0.717) is 24.5 Å². The Labute approximate surface area is 221 Å². The zero-order valence-corrected chi connectivity index (χ0v) is 21.8. The molecule has 1 aliphatic rings. The molecule has 1 aliphatic carbocycles. The Morgan fingerprint density at radius 2 is 1.87 bits per heavy atom. The first kappa shape index (κ1) is 24.3. The van der Waals surface area contributed by atoms with Gasteiger partial charge in [-0.05, 0) is 77.9 Å². The number of pyridine rings is 1. The van der Waals surface area contributed by atoms with E-state index in [-0.39, 0.29) is 11.6 Å². The van der Waals surface area contributed by atoms with Crippen molar-refractivity contribution >= 4 is 10.9 Å². The predicted octanol–water partition coefficient (Wildman–Crippen LogP) is 5.63. The summed E-state index contributed by atoms with van der Waals surface area (Å²) >= 11 is 0. The number of fused-ring (bicyclic) bond motifs is 1. The normalized spacial score (nSPS) is 15.0. The highest BCUT2D eigenvalue weighted by molar-refractivity contribution is 5.83. The van der Waals surface area contributed by atoms with E-state index < -0.39 is 6.04 Å². The SMILES string of the molecule is Cc1cc(C)c2[nH]c(=O)c(C(c3nnnn3C3CCCC3)N(Cc3ccccc3)Cc3ccco3)cc2c1. The van der Waals surface area contributed by atoms with Crippen LogP contribution in [0.2, 0.25) is 0 Å². The second-order valence-electron chi connectivity index (χ2n) is 10.4. The highest BCUT2D eigenvalue weighted by Gasteiger charge is 2.34. The molecule has 8 nitrogen and oxygen atoms in total. The summed E-state index contributed by atoms with van der Waals surface area (Å²) in [5.74, 6) is 1.50. The molecule has 1 saturated carbocycles.